The zero-order valence-electron chi connectivity index (χ0n) is 9.62. The Morgan fingerprint density at radius 3 is 2.67 bits per heavy atom. The lowest BCUT2D eigenvalue weighted by Gasteiger charge is -2.13. The lowest BCUT2D eigenvalue weighted by atomic mass is 10.1. The van der Waals surface area contributed by atoms with Crippen molar-refractivity contribution in [1.82, 2.24) is 0 Å². The van der Waals surface area contributed by atoms with Crippen LogP contribution in [0.1, 0.15) is 23.4 Å². The van der Waals surface area contributed by atoms with Crippen LogP contribution in [0.3, 0.4) is 0 Å². The van der Waals surface area contributed by atoms with Gasteiger partial charge in [0, 0.05) is 16.7 Å². The summed E-state index contributed by atoms with van der Waals surface area (Å²) in [6.07, 6.45) is 3.15. The van der Waals surface area contributed by atoms with Crippen LogP contribution in [-0.2, 0) is 0 Å². The largest absolute Gasteiger partial charge is 0.492 e. The standard InChI is InChI=1S/C13H11Cl3O2/c1-2-18-12-6-10(14)9(5-11(12)15)13(16)8-3-4-17-7-8/h3-7,13H,2H2,1H3. The molecule has 0 N–H and O–H groups in total. The van der Waals surface area contributed by atoms with Gasteiger partial charge in [-0.15, -0.1) is 11.6 Å². The second-order valence-corrected chi connectivity index (χ2v) is 4.91. The third kappa shape index (κ3) is 2.77. The van der Waals surface area contributed by atoms with Gasteiger partial charge >= 0.3 is 0 Å². The Morgan fingerprint density at radius 1 is 1.28 bits per heavy atom. The maximum Gasteiger partial charge on any atom is 0.139 e. The molecule has 0 saturated heterocycles. The first-order valence-corrected chi connectivity index (χ1v) is 6.60. The maximum atomic E-state index is 6.34. The van der Waals surface area contributed by atoms with Crippen molar-refractivity contribution in [2.24, 2.45) is 0 Å². The van der Waals surface area contributed by atoms with Crippen LogP contribution in [0.5, 0.6) is 5.75 Å². The molecular formula is C13H11Cl3O2. The fourth-order valence-electron chi connectivity index (χ4n) is 1.60. The normalized spacial score (nSPS) is 12.4. The molecular weight excluding hydrogens is 294 g/mol. The molecule has 18 heavy (non-hydrogen) atoms. The average molecular weight is 306 g/mol. The van der Waals surface area contributed by atoms with Gasteiger partial charge in [0.1, 0.15) is 5.75 Å². The summed E-state index contributed by atoms with van der Waals surface area (Å²) < 4.78 is 10.4. The number of benzene rings is 1. The Labute approximate surface area is 120 Å². The molecule has 0 aliphatic rings. The van der Waals surface area contributed by atoms with Gasteiger partial charge in [0.15, 0.2) is 0 Å². The number of hydrogen-bond donors (Lipinski definition) is 0. The summed E-state index contributed by atoms with van der Waals surface area (Å²) in [5.74, 6) is 0.559. The Hall–Kier alpha value is -0.830. The fourth-order valence-corrected chi connectivity index (χ4v) is 2.45. The number of halogens is 3. The van der Waals surface area contributed by atoms with Gasteiger partial charge in [0.05, 0.1) is 29.5 Å². The van der Waals surface area contributed by atoms with Crippen LogP contribution in [0.15, 0.2) is 35.1 Å². The van der Waals surface area contributed by atoms with E-state index in [0.29, 0.717) is 22.4 Å². The van der Waals surface area contributed by atoms with Gasteiger partial charge in [0.25, 0.3) is 0 Å². The van der Waals surface area contributed by atoms with Crippen LogP contribution in [0, 0.1) is 0 Å². The molecule has 1 atom stereocenters. The van der Waals surface area contributed by atoms with Gasteiger partial charge in [-0.3, -0.25) is 0 Å². The minimum atomic E-state index is -0.399. The van der Waals surface area contributed by atoms with E-state index in [4.69, 9.17) is 44.0 Å². The van der Waals surface area contributed by atoms with Gasteiger partial charge in [-0.05, 0) is 24.6 Å². The van der Waals surface area contributed by atoms with E-state index in [1.54, 1.807) is 30.7 Å². The van der Waals surface area contributed by atoms with Gasteiger partial charge in [-0.25, -0.2) is 0 Å². The number of rotatable bonds is 4. The smallest absolute Gasteiger partial charge is 0.139 e. The van der Waals surface area contributed by atoms with Gasteiger partial charge < -0.3 is 9.15 Å². The molecule has 2 aromatic rings. The Balaban J connectivity index is 2.37. The summed E-state index contributed by atoms with van der Waals surface area (Å²) in [4.78, 5) is 0. The summed E-state index contributed by atoms with van der Waals surface area (Å²) in [7, 11) is 0. The molecule has 0 aliphatic heterocycles. The predicted molar refractivity (Wildman–Crippen MR) is 74.0 cm³/mol. The van der Waals surface area contributed by atoms with E-state index >= 15 is 0 Å². The van der Waals surface area contributed by atoms with Crippen molar-refractivity contribution in [3.8, 4) is 5.75 Å². The molecule has 5 heteroatoms. The second-order valence-electron chi connectivity index (χ2n) is 3.66. The molecule has 0 spiro atoms. The zero-order valence-corrected chi connectivity index (χ0v) is 11.9. The van der Waals surface area contributed by atoms with Crippen LogP contribution in [0.4, 0.5) is 0 Å². The first-order chi connectivity index (χ1) is 8.63. The SMILES string of the molecule is CCOc1cc(Cl)c(C(Cl)c2ccoc2)cc1Cl. The highest BCUT2D eigenvalue weighted by Gasteiger charge is 2.18. The van der Waals surface area contributed by atoms with E-state index in [-0.39, 0.29) is 0 Å². The van der Waals surface area contributed by atoms with E-state index < -0.39 is 5.38 Å². The lowest BCUT2D eigenvalue weighted by molar-refractivity contribution is 0.340. The van der Waals surface area contributed by atoms with Crippen molar-refractivity contribution < 1.29 is 9.15 Å². The third-order valence-electron chi connectivity index (χ3n) is 2.46. The molecule has 96 valence electrons. The monoisotopic (exact) mass is 304 g/mol. The molecule has 1 unspecified atom stereocenters. The van der Waals surface area contributed by atoms with E-state index in [1.807, 2.05) is 6.92 Å². The van der Waals surface area contributed by atoms with Crippen LogP contribution < -0.4 is 4.74 Å². The van der Waals surface area contributed by atoms with Crippen molar-refractivity contribution in [2.45, 2.75) is 12.3 Å². The van der Waals surface area contributed by atoms with Crippen molar-refractivity contribution in [1.29, 1.82) is 0 Å². The first kappa shape index (κ1) is 13.6. The predicted octanol–water partition coefficient (Wildman–Crippen LogP) is 5.31. The molecule has 1 aromatic carbocycles. The molecule has 0 saturated carbocycles. The minimum Gasteiger partial charge on any atom is -0.492 e. The Bertz CT molecular complexity index is 523. The Kier molecular flexibility index (Phi) is 4.44. The molecule has 2 nitrogen and oxygen atoms in total. The number of furan rings is 1. The number of hydrogen-bond acceptors (Lipinski definition) is 2. The van der Waals surface area contributed by atoms with Crippen molar-refractivity contribution in [3.63, 3.8) is 0 Å². The van der Waals surface area contributed by atoms with Crippen molar-refractivity contribution in [3.05, 3.63) is 51.9 Å². The van der Waals surface area contributed by atoms with Crippen molar-refractivity contribution in [2.75, 3.05) is 6.61 Å². The number of alkyl halides is 1. The van der Waals surface area contributed by atoms with E-state index in [2.05, 4.69) is 0 Å². The summed E-state index contributed by atoms with van der Waals surface area (Å²) in [5.41, 5.74) is 1.56. The quantitative estimate of drug-likeness (QED) is 0.714. The van der Waals surface area contributed by atoms with Crippen LogP contribution in [-0.4, -0.2) is 6.61 Å². The highest BCUT2D eigenvalue weighted by molar-refractivity contribution is 6.36. The van der Waals surface area contributed by atoms with Gasteiger partial charge in [-0.1, -0.05) is 23.2 Å². The van der Waals surface area contributed by atoms with Crippen molar-refractivity contribution >= 4 is 34.8 Å². The molecule has 0 amide bonds. The first-order valence-electron chi connectivity index (χ1n) is 5.41. The molecule has 1 aromatic heterocycles. The summed E-state index contributed by atoms with van der Waals surface area (Å²) in [6, 6.07) is 5.19. The van der Waals surface area contributed by atoms with Crippen LogP contribution in [0.25, 0.3) is 0 Å². The maximum absolute atomic E-state index is 6.34. The second kappa shape index (κ2) is 5.87. The summed E-state index contributed by atoms with van der Waals surface area (Å²) in [5, 5.41) is 0.610. The summed E-state index contributed by atoms with van der Waals surface area (Å²) >= 11 is 18.7. The minimum absolute atomic E-state index is 0.399. The lowest BCUT2D eigenvalue weighted by Crippen LogP contribution is -1.97. The molecule has 0 radical (unpaired) electrons. The van der Waals surface area contributed by atoms with Gasteiger partial charge in [0.2, 0.25) is 0 Å². The number of ether oxygens (including phenoxy) is 1. The summed E-state index contributed by atoms with van der Waals surface area (Å²) in [6.45, 7) is 2.41. The Morgan fingerprint density at radius 2 is 2.06 bits per heavy atom. The van der Waals surface area contributed by atoms with Gasteiger partial charge in [-0.2, -0.15) is 0 Å². The third-order valence-corrected chi connectivity index (χ3v) is 3.57. The van der Waals surface area contributed by atoms with E-state index in [0.717, 1.165) is 11.1 Å². The van der Waals surface area contributed by atoms with Crippen LogP contribution in [0.2, 0.25) is 10.0 Å². The molecule has 0 bridgehead atoms. The highest BCUT2D eigenvalue weighted by atomic mass is 35.5. The average Bonchev–Trinajstić information content (AvgIpc) is 2.86. The molecule has 0 fully saturated rings. The molecule has 0 aliphatic carbocycles. The van der Waals surface area contributed by atoms with Crippen LogP contribution >= 0.6 is 34.8 Å². The molecule has 1 heterocycles. The highest BCUT2D eigenvalue weighted by Crippen LogP contribution is 2.39. The topological polar surface area (TPSA) is 22.4 Å². The molecule has 2 rings (SSSR count). The fraction of sp³-hybridized carbons (Fsp3) is 0.231. The van der Waals surface area contributed by atoms with E-state index in [1.165, 1.54) is 0 Å². The zero-order chi connectivity index (χ0) is 13.1. The van der Waals surface area contributed by atoms with E-state index in [9.17, 15) is 0 Å².